The highest BCUT2D eigenvalue weighted by Crippen LogP contribution is 2.44. The van der Waals surface area contributed by atoms with Crippen LogP contribution in [0.3, 0.4) is 0 Å². The number of allylic oxidation sites excluding steroid dienone is 1. The Kier molecular flexibility index (Phi) is 6.03. The van der Waals surface area contributed by atoms with Crippen LogP contribution >= 0.6 is 0 Å². The lowest BCUT2D eigenvalue weighted by molar-refractivity contribution is 0.236. The van der Waals surface area contributed by atoms with Crippen molar-refractivity contribution in [2.75, 3.05) is 30.3 Å². The summed E-state index contributed by atoms with van der Waals surface area (Å²) in [5.74, 6) is 2.95. The summed E-state index contributed by atoms with van der Waals surface area (Å²) in [5.41, 5.74) is 4.35. The second kappa shape index (κ2) is 9.72. The van der Waals surface area contributed by atoms with Crippen molar-refractivity contribution in [1.29, 1.82) is 0 Å². The molecule has 200 valence electrons. The van der Waals surface area contributed by atoms with Crippen molar-refractivity contribution in [3.63, 3.8) is 0 Å². The molecule has 7 rings (SSSR count). The molecule has 4 aliphatic rings. The van der Waals surface area contributed by atoms with Crippen LogP contribution in [0.25, 0.3) is 22.3 Å². The third-order valence-electron chi connectivity index (χ3n) is 8.34. The number of hydrogen-bond donors (Lipinski definition) is 3. The van der Waals surface area contributed by atoms with E-state index >= 15 is 0 Å². The van der Waals surface area contributed by atoms with Gasteiger partial charge in [0.05, 0.1) is 17.8 Å². The Morgan fingerprint density at radius 3 is 2.92 bits per heavy atom. The summed E-state index contributed by atoms with van der Waals surface area (Å²) in [6, 6.07) is 4.52. The quantitative estimate of drug-likeness (QED) is 0.429. The van der Waals surface area contributed by atoms with E-state index in [1.165, 1.54) is 18.4 Å². The fourth-order valence-electron chi connectivity index (χ4n) is 5.89. The molecule has 3 aliphatic heterocycles. The van der Waals surface area contributed by atoms with Crippen LogP contribution in [-0.2, 0) is 0 Å². The molecule has 0 radical (unpaired) electrons. The van der Waals surface area contributed by atoms with Crippen molar-refractivity contribution in [1.82, 2.24) is 30.3 Å². The molecule has 3 aromatic heterocycles. The molecule has 3 N–H and O–H groups in total. The van der Waals surface area contributed by atoms with E-state index in [9.17, 15) is 0 Å². The van der Waals surface area contributed by atoms with Gasteiger partial charge in [0, 0.05) is 60.8 Å². The van der Waals surface area contributed by atoms with E-state index < -0.39 is 0 Å². The minimum Gasteiger partial charge on any atom is -0.366 e. The zero-order valence-corrected chi connectivity index (χ0v) is 22.6. The van der Waals surface area contributed by atoms with Crippen LogP contribution in [0.5, 0.6) is 0 Å². The Balaban J connectivity index is 1.24. The first-order valence-electron chi connectivity index (χ1n) is 14.1. The minimum atomic E-state index is 0.109. The monoisotopic (exact) mass is 521 g/mol. The highest BCUT2D eigenvalue weighted by Gasteiger charge is 2.34. The van der Waals surface area contributed by atoms with E-state index in [-0.39, 0.29) is 11.5 Å². The normalized spacial score (nSPS) is 23.8. The number of hydrogen-bond acceptors (Lipinski definition) is 9. The predicted octanol–water partition coefficient (Wildman–Crippen LogP) is 4.69. The summed E-state index contributed by atoms with van der Waals surface area (Å²) in [5, 5.41) is 18.6. The molecule has 2 fully saturated rings. The number of hydrazone groups is 1. The van der Waals surface area contributed by atoms with Crippen molar-refractivity contribution >= 4 is 28.8 Å². The van der Waals surface area contributed by atoms with Gasteiger partial charge in [0.15, 0.2) is 5.82 Å². The number of pyridine rings is 2. The topological polar surface area (TPSA) is 103 Å². The highest BCUT2D eigenvalue weighted by atomic mass is 15.5. The molecular formula is C30H35N9. The number of nitrogens with zero attached hydrogens (tertiary/aromatic N) is 6. The van der Waals surface area contributed by atoms with E-state index in [1.807, 2.05) is 43.0 Å². The van der Waals surface area contributed by atoms with E-state index in [1.54, 1.807) is 0 Å². The Labute approximate surface area is 228 Å². The molecule has 0 bridgehead atoms. The highest BCUT2D eigenvalue weighted by molar-refractivity contribution is 5.93. The van der Waals surface area contributed by atoms with Crippen molar-refractivity contribution in [3.8, 4) is 11.4 Å². The molecule has 9 heteroatoms. The third-order valence-corrected chi connectivity index (χ3v) is 8.34. The van der Waals surface area contributed by atoms with Gasteiger partial charge >= 0.3 is 0 Å². The SMILES string of the molecule is CC1(C)CNCCC1Nc1nc(-c2ccnc(NC3=CC4C=CC=NN4CC3)c2)nc2cncc(C3CC3)c12. The first-order valence-corrected chi connectivity index (χ1v) is 14.1. The summed E-state index contributed by atoms with van der Waals surface area (Å²) in [6.45, 7) is 7.49. The standard InChI is InChI=1S/C30H35N9/c1-30(2)18-31-11-8-25(30)37-29-27-23(19-5-6-19)16-32-17-24(27)36-28(38-29)20-7-12-33-26(14-20)35-21-9-13-39-22(15-21)4-3-10-34-39/h3-4,7,10,12,14-17,19,22,25,31H,5-6,8-9,11,13,18H2,1-2H3,(H,33,35)(H,36,37,38). The first kappa shape index (κ1) is 24.2. The van der Waals surface area contributed by atoms with Crippen LogP contribution in [0, 0.1) is 5.41 Å². The fourth-order valence-corrected chi connectivity index (χ4v) is 5.89. The van der Waals surface area contributed by atoms with Gasteiger partial charge < -0.3 is 16.0 Å². The van der Waals surface area contributed by atoms with Gasteiger partial charge in [0.25, 0.3) is 0 Å². The first-order chi connectivity index (χ1) is 19.0. The number of aromatic nitrogens is 4. The Bertz CT molecular complexity index is 1490. The summed E-state index contributed by atoms with van der Waals surface area (Å²) < 4.78 is 0. The Hall–Kier alpha value is -3.85. The molecule has 0 spiro atoms. The minimum absolute atomic E-state index is 0.109. The second-order valence-electron chi connectivity index (χ2n) is 11.7. The molecule has 6 heterocycles. The fraction of sp³-hybridized carbons (Fsp3) is 0.433. The van der Waals surface area contributed by atoms with Crippen molar-refractivity contribution in [2.45, 2.75) is 57.5 Å². The summed E-state index contributed by atoms with van der Waals surface area (Å²) in [6.07, 6.45) is 18.3. The lowest BCUT2D eigenvalue weighted by atomic mass is 9.80. The van der Waals surface area contributed by atoms with Crippen LogP contribution in [0.1, 0.15) is 51.0 Å². The maximum atomic E-state index is 5.17. The molecule has 39 heavy (non-hydrogen) atoms. The van der Waals surface area contributed by atoms with Crippen LogP contribution in [-0.4, -0.2) is 62.9 Å². The van der Waals surface area contributed by atoms with E-state index in [0.717, 1.165) is 66.3 Å². The van der Waals surface area contributed by atoms with Gasteiger partial charge in [-0.1, -0.05) is 19.9 Å². The molecule has 0 aromatic carbocycles. The van der Waals surface area contributed by atoms with Gasteiger partial charge in [0.1, 0.15) is 11.6 Å². The number of nitrogens with one attached hydrogen (secondary N) is 3. The number of piperidine rings is 1. The van der Waals surface area contributed by atoms with Gasteiger partial charge in [-0.3, -0.25) is 9.99 Å². The molecular weight excluding hydrogens is 486 g/mol. The van der Waals surface area contributed by atoms with Crippen molar-refractivity contribution in [3.05, 3.63) is 60.2 Å². The van der Waals surface area contributed by atoms with Gasteiger partial charge in [0.2, 0.25) is 0 Å². The predicted molar refractivity (Wildman–Crippen MR) is 156 cm³/mol. The van der Waals surface area contributed by atoms with Crippen molar-refractivity contribution in [2.24, 2.45) is 10.5 Å². The van der Waals surface area contributed by atoms with E-state index in [2.05, 4.69) is 62.0 Å². The van der Waals surface area contributed by atoms with Gasteiger partial charge in [-0.05, 0) is 67.0 Å². The largest absolute Gasteiger partial charge is 0.366 e. The van der Waals surface area contributed by atoms with Crippen LogP contribution in [0.2, 0.25) is 0 Å². The number of rotatable bonds is 6. The average Bonchev–Trinajstić information content (AvgIpc) is 3.79. The van der Waals surface area contributed by atoms with Crippen LogP contribution in [0.4, 0.5) is 11.6 Å². The average molecular weight is 522 g/mol. The number of fused-ring (bicyclic) bond motifs is 2. The summed E-state index contributed by atoms with van der Waals surface area (Å²) >= 11 is 0. The molecule has 9 nitrogen and oxygen atoms in total. The van der Waals surface area contributed by atoms with E-state index in [4.69, 9.17) is 9.97 Å². The molecule has 0 amide bonds. The zero-order chi connectivity index (χ0) is 26.4. The van der Waals surface area contributed by atoms with Gasteiger partial charge in [-0.15, -0.1) is 0 Å². The molecule has 2 atom stereocenters. The third kappa shape index (κ3) is 4.87. The molecule has 2 unspecified atom stereocenters. The summed E-state index contributed by atoms with van der Waals surface area (Å²) in [7, 11) is 0. The number of anilines is 2. The lowest BCUT2D eigenvalue weighted by Crippen LogP contribution is -2.49. The van der Waals surface area contributed by atoms with Gasteiger partial charge in [-0.25, -0.2) is 15.0 Å². The maximum absolute atomic E-state index is 5.17. The smallest absolute Gasteiger partial charge is 0.162 e. The second-order valence-corrected chi connectivity index (χ2v) is 11.7. The zero-order valence-electron chi connectivity index (χ0n) is 22.6. The van der Waals surface area contributed by atoms with Gasteiger partial charge in [-0.2, -0.15) is 5.10 Å². The maximum Gasteiger partial charge on any atom is 0.162 e. The summed E-state index contributed by atoms with van der Waals surface area (Å²) in [4.78, 5) is 19.4. The van der Waals surface area contributed by atoms with Crippen LogP contribution in [0.15, 0.2) is 59.7 Å². The molecule has 1 saturated carbocycles. The Morgan fingerprint density at radius 1 is 1.13 bits per heavy atom. The molecule has 3 aromatic rings. The van der Waals surface area contributed by atoms with Crippen molar-refractivity contribution < 1.29 is 0 Å². The van der Waals surface area contributed by atoms with E-state index in [0.29, 0.717) is 17.8 Å². The molecule has 1 aliphatic carbocycles. The molecule has 1 saturated heterocycles. The lowest BCUT2D eigenvalue weighted by Gasteiger charge is -2.40. The van der Waals surface area contributed by atoms with Crippen LogP contribution < -0.4 is 16.0 Å². The Morgan fingerprint density at radius 2 is 2.05 bits per heavy atom.